The first-order chi connectivity index (χ1) is 12.6. The number of benzene rings is 1. The average Bonchev–Trinajstić information content (AvgIpc) is 2.66. The van der Waals surface area contributed by atoms with Crippen LogP contribution in [0.2, 0.25) is 0 Å². The van der Waals surface area contributed by atoms with Gasteiger partial charge in [-0.3, -0.25) is 4.98 Å². The van der Waals surface area contributed by atoms with Crippen molar-refractivity contribution in [2.45, 2.75) is 33.3 Å². The second-order valence-corrected chi connectivity index (χ2v) is 6.15. The molecule has 0 atom stereocenters. The molecule has 0 spiro atoms. The Bertz CT molecular complexity index is 800. The molecule has 0 saturated heterocycles. The molecule has 0 aliphatic heterocycles. The summed E-state index contributed by atoms with van der Waals surface area (Å²) in [5, 5.41) is 0. The summed E-state index contributed by atoms with van der Waals surface area (Å²) in [5.74, 6) is 0.866. The smallest absolute Gasteiger partial charge is 0.130 e. The lowest BCUT2D eigenvalue weighted by molar-refractivity contribution is 0.301. The Kier molecular flexibility index (Phi) is 7.63. The van der Waals surface area contributed by atoms with Gasteiger partial charge in [-0.15, -0.1) is 0 Å². The Balaban J connectivity index is 2.02. The molecule has 2 aromatic rings. The molecule has 1 aromatic carbocycles. The van der Waals surface area contributed by atoms with Crippen molar-refractivity contribution < 1.29 is 4.74 Å². The van der Waals surface area contributed by atoms with Crippen LogP contribution in [0, 0.1) is 0 Å². The van der Waals surface area contributed by atoms with Crippen molar-refractivity contribution in [2.75, 3.05) is 0 Å². The van der Waals surface area contributed by atoms with Crippen LogP contribution in [0.1, 0.15) is 37.1 Å². The zero-order valence-electron chi connectivity index (χ0n) is 15.7. The molecule has 0 amide bonds. The minimum atomic E-state index is 0.475. The standard InChI is InChI=1S/C24H27NO/c1-5-9-19(3)16-20(4)11-12-22-13-14-24(17-21(22)6-2)26-18-23-10-7-8-15-25-23/h5,7-15,17H,3-4,6,16,18H2,1-2H3/b9-5+,12-11+. The molecule has 0 bridgehead atoms. The van der Waals surface area contributed by atoms with Crippen LogP contribution in [-0.4, -0.2) is 4.98 Å². The molecule has 134 valence electrons. The molecule has 0 radical (unpaired) electrons. The van der Waals surface area contributed by atoms with Crippen molar-refractivity contribution >= 4 is 6.08 Å². The molecule has 2 nitrogen and oxygen atoms in total. The maximum atomic E-state index is 5.87. The van der Waals surface area contributed by atoms with Gasteiger partial charge >= 0.3 is 0 Å². The van der Waals surface area contributed by atoms with Gasteiger partial charge in [0, 0.05) is 6.20 Å². The first kappa shape index (κ1) is 19.5. The minimum Gasteiger partial charge on any atom is -0.487 e. The molecule has 0 N–H and O–H groups in total. The highest BCUT2D eigenvalue weighted by Crippen LogP contribution is 2.22. The van der Waals surface area contributed by atoms with E-state index in [1.165, 1.54) is 11.1 Å². The molecular formula is C24H27NO. The van der Waals surface area contributed by atoms with E-state index in [1.807, 2.05) is 43.3 Å². The predicted molar refractivity (Wildman–Crippen MR) is 111 cm³/mol. The summed E-state index contributed by atoms with van der Waals surface area (Å²) in [7, 11) is 0. The van der Waals surface area contributed by atoms with E-state index in [0.717, 1.165) is 35.4 Å². The number of aromatic nitrogens is 1. The Labute approximate surface area is 157 Å². The van der Waals surface area contributed by atoms with Gasteiger partial charge < -0.3 is 4.74 Å². The SMILES string of the molecule is C=C(/C=C/C)CC(=C)/C=C/c1ccc(OCc2ccccn2)cc1CC. The molecule has 26 heavy (non-hydrogen) atoms. The molecule has 1 heterocycles. The van der Waals surface area contributed by atoms with Crippen LogP contribution in [0.25, 0.3) is 6.08 Å². The lowest BCUT2D eigenvalue weighted by Crippen LogP contribution is -1.98. The van der Waals surface area contributed by atoms with Gasteiger partial charge in [0.05, 0.1) is 5.69 Å². The lowest BCUT2D eigenvalue weighted by Gasteiger charge is -2.10. The van der Waals surface area contributed by atoms with E-state index < -0.39 is 0 Å². The maximum absolute atomic E-state index is 5.87. The van der Waals surface area contributed by atoms with E-state index in [-0.39, 0.29) is 0 Å². The van der Waals surface area contributed by atoms with E-state index >= 15 is 0 Å². The third-order valence-corrected chi connectivity index (χ3v) is 3.96. The Morgan fingerprint density at radius 3 is 2.62 bits per heavy atom. The number of ether oxygens (including phenoxy) is 1. The minimum absolute atomic E-state index is 0.475. The van der Waals surface area contributed by atoms with Gasteiger partial charge in [-0.1, -0.05) is 67.7 Å². The Hall–Kier alpha value is -2.87. The van der Waals surface area contributed by atoms with Gasteiger partial charge in [0.2, 0.25) is 0 Å². The fourth-order valence-electron chi connectivity index (χ4n) is 2.63. The molecule has 0 saturated carbocycles. The summed E-state index contributed by atoms with van der Waals surface area (Å²) in [6.07, 6.45) is 11.7. The Morgan fingerprint density at radius 1 is 1.12 bits per heavy atom. The topological polar surface area (TPSA) is 22.1 Å². The van der Waals surface area contributed by atoms with Crippen LogP contribution in [-0.2, 0) is 13.0 Å². The number of aryl methyl sites for hydroxylation is 1. The second-order valence-electron chi connectivity index (χ2n) is 6.15. The normalized spacial score (nSPS) is 11.2. The molecule has 1 aromatic heterocycles. The van der Waals surface area contributed by atoms with Crippen molar-refractivity contribution in [1.82, 2.24) is 4.98 Å². The number of pyridine rings is 1. The van der Waals surface area contributed by atoms with Crippen molar-refractivity contribution in [3.8, 4) is 5.75 Å². The number of rotatable bonds is 9. The van der Waals surface area contributed by atoms with Crippen LogP contribution in [0.3, 0.4) is 0 Å². The fourth-order valence-corrected chi connectivity index (χ4v) is 2.63. The first-order valence-corrected chi connectivity index (χ1v) is 8.94. The zero-order chi connectivity index (χ0) is 18.8. The molecule has 0 unspecified atom stereocenters. The summed E-state index contributed by atoms with van der Waals surface area (Å²) in [4.78, 5) is 4.28. The van der Waals surface area contributed by atoms with Crippen LogP contribution in [0.4, 0.5) is 0 Å². The third kappa shape index (κ3) is 6.21. The quantitative estimate of drug-likeness (QED) is 0.496. The molecule has 2 rings (SSSR count). The first-order valence-electron chi connectivity index (χ1n) is 8.94. The molecule has 0 fully saturated rings. The van der Waals surface area contributed by atoms with E-state index in [9.17, 15) is 0 Å². The number of hydrogen-bond acceptors (Lipinski definition) is 2. The van der Waals surface area contributed by atoms with E-state index in [2.05, 4.69) is 49.4 Å². The summed E-state index contributed by atoms with van der Waals surface area (Å²) in [5.41, 5.74) is 5.48. The van der Waals surface area contributed by atoms with Crippen LogP contribution >= 0.6 is 0 Å². The van der Waals surface area contributed by atoms with Crippen molar-refractivity contribution in [2.24, 2.45) is 0 Å². The van der Waals surface area contributed by atoms with Crippen molar-refractivity contribution in [3.63, 3.8) is 0 Å². The summed E-state index contributed by atoms with van der Waals surface area (Å²) in [6.45, 7) is 12.8. The summed E-state index contributed by atoms with van der Waals surface area (Å²) in [6, 6.07) is 12.0. The monoisotopic (exact) mass is 345 g/mol. The lowest BCUT2D eigenvalue weighted by atomic mass is 10.0. The van der Waals surface area contributed by atoms with Gasteiger partial charge in [0.1, 0.15) is 12.4 Å². The molecule has 2 heteroatoms. The van der Waals surface area contributed by atoms with Gasteiger partial charge in [-0.2, -0.15) is 0 Å². The van der Waals surface area contributed by atoms with E-state index in [1.54, 1.807) is 6.20 Å². The largest absolute Gasteiger partial charge is 0.487 e. The third-order valence-electron chi connectivity index (χ3n) is 3.96. The van der Waals surface area contributed by atoms with Crippen LogP contribution in [0.5, 0.6) is 5.75 Å². The van der Waals surface area contributed by atoms with Crippen LogP contribution in [0.15, 0.2) is 85.1 Å². The van der Waals surface area contributed by atoms with E-state index in [4.69, 9.17) is 4.74 Å². The highest BCUT2D eigenvalue weighted by molar-refractivity contribution is 5.58. The van der Waals surface area contributed by atoms with E-state index in [0.29, 0.717) is 6.61 Å². The summed E-state index contributed by atoms with van der Waals surface area (Å²) >= 11 is 0. The maximum Gasteiger partial charge on any atom is 0.130 e. The molecular weight excluding hydrogens is 318 g/mol. The fraction of sp³-hybridized carbons (Fsp3) is 0.208. The predicted octanol–water partition coefficient (Wildman–Crippen LogP) is 6.31. The zero-order valence-corrected chi connectivity index (χ0v) is 15.7. The molecule has 0 aliphatic rings. The average molecular weight is 345 g/mol. The van der Waals surface area contributed by atoms with Gasteiger partial charge in [-0.05, 0) is 55.2 Å². The second kappa shape index (κ2) is 10.2. The summed E-state index contributed by atoms with van der Waals surface area (Å²) < 4.78 is 5.87. The van der Waals surface area contributed by atoms with Crippen molar-refractivity contribution in [3.05, 3.63) is 102 Å². The number of nitrogens with zero attached hydrogens (tertiary/aromatic N) is 1. The number of allylic oxidation sites excluding steroid dienone is 5. The highest BCUT2D eigenvalue weighted by atomic mass is 16.5. The van der Waals surface area contributed by atoms with Crippen molar-refractivity contribution in [1.29, 1.82) is 0 Å². The van der Waals surface area contributed by atoms with Crippen LogP contribution < -0.4 is 4.74 Å². The Morgan fingerprint density at radius 2 is 1.92 bits per heavy atom. The van der Waals surface area contributed by atoms with Gasteiger partial charge in [0.15, 0.2) is 0 Å². The highest BCUT2D eigenvalue weighted by Gasteiger charge is 2.03. The number of hydrogen-bond donors (Lipinski definition) is 0. The van der Waals surface area contributed by atoms with Gasteiger partial charge in [-0.25, -0.2) is 0 Å². The van der Waals surface area contributed by atoms with Gasteiger partial charge in [0.25, 0.3) is 0 Å². The molecule has 0 aliphatic carbocycles.